The van der Waals surface area contributed by atoms with Crippen molar-refractivity contribution >= 4 is 23.2 Å². The maximum atomic E-state index is 13.2. The van der Waals surface area contributed by atoms with Gasteiger partial charge in [-0.05, 0) is 48.6 Å². The minimum atomic E-state index is -0.472. The first-order valence-electron chi connectivity index (χ1n) is 12.0. The van der Waals surface area contributed by atoms with Crippen molar-refractivity contribution in [2.45, 2.75) is 32.7 Å². The van der Waals surface area contributed by atoms with E-state index in [2.05, 4.69) is 41.7 Å². The van der Waals surface area contributed by atoms with Crippen LogP contribution < -0.4 is 5.32 Å². The Labute approximate surface area is 215 Å². The summed E-state index contributed by atoms with van der Waals surface area (Å²) in [6.07, 6.45) is 1.68. The van der Waals surface area contributed by atoms with Crippen LogP contribution in [0.15, 0.2) is 89.1 Å². The van der Waals surface area contributed by atoms with Crippen LogP contribution in [-0.2, 0) is 12.8 Å². The van der Waals surface area contributed by atoms with Gasteiger partial charge in [0.15, 0.2) is 0 Å². The molecule has 1 N–H and O–H groups in total. The van der Waals surface area contributed by atoms with Gasteiger partial charge in [-0.1, -0.05) is 90.4 Å². The van der Waals surface area contributed by atoms with E-state index in [4.69, 9.17) is 21.1 Å². The lowest BCUT2D eigenvalue weighted by molar-refractivity contribution is 0.205. The van der Waals surface area contributed by atoms with E-state index >= 15 is 0 Å². The van der Waals surface area contributed by atoms with Crippen LogP contribution in [0.2, 0.25) is 5.02 Å². The van der Waals surface area contributed by atoms with E-state index in [9.17, 15) is 4.79 Å². The molecule has 2 heterocycles. The Morgan fingerprint density at radius 2 is 1.78 bits per heavy atom. The van der Waals surface area contributed by atoms with Crippen LogP contribution in [0, 0.1) is 0 Å². The maximum absolute atomic E-state index is 13.2. The molecule has 0 saturated heterocycles. The fourth-order valence-corrected chi connectivity index (χ4v) is 4.69. The summed E-state index contributed by atoms with van der Waals surface area (Å²) in [6.45, 7) is 4.57. The molecule has 6 nitrogen and oxygen atoms in total. The van der Waals surface area contributed by atoms with E-state index in [-0.39, 0.29) is 6.03 Å². The normalized spacial score (nSPS) is 15.8. The van der Waals surface area contributed by atoms with E-state index < -0.39 is 6.04 Å². The molecule has 2 amide bonds. The fourth-order valence-electron chi connectivity index (χ4n) is 4.49. The number of nitrogens with one attached hydrogen (secondary N) is 1. The Balaban J connectivity index is 1.53. The minimum Gasteiger partial charge on any atom is -0.334 e. The predicted octanol–water partition coefficient (Wildman–Crippen LogP) is 6.69. The van der Waals surface area contributed by atoms with Gasteiger partial charge in [-0.25, -0.2) is 4.79 Å². The topological polar surface area (TPSA) is 71.3 Å². The largest absolute Gasteiger partial charge is 0.334 e. The summed E-state index contributed by atoms with van der Waals surface area (Å²) in [5.41, 5.74) is 5.66. The molecular weight excluding hydrogens is 472 g/mol. The Morgan fingerprint density at radius 3 is 2.50 bits per heavy atom. The second-order valence-corrected chi connectivity index (χ2v) is 9.23. The molecule has 1 atom stereocenters. The number of aryl methyl sites for hydroxylation is 1. The molecule has 1 aliphatic rings. The van der Waals surface area contributed by atoms with E-state index in [0.29, 0.717) is 23.3 Å². The Bertz CT molecular complexity index is 1400. The molecule has 0 spiro atoms. The van der Waals surface area contributed by atoms with Gasteiger partial charge in [0.1, 0.15) is 0 Å². The Hall–Kier alpha value is -3.90. The molecule has 0 radical (unpaired) electrons. The van der Waals surface area contributed by atoms with Crippen LogP contribution in [0.5, 0.6) is 0 Å². The van der Waals surface area contributed by atoms with Gasteiger partial charge in [0.05, 0.1) is 11.6 Å². The number of rotatable bonds is 7. The van der Waals surface area contributed by atoms with Gasteiger partial charge in [0, 0.05) is 22.8 Å². The van der Waals surface area contributed by atoms with Gasteiger partial charge in [-0.3, -0.25) is 4.90 Å². The zero-order chi connectivity index (χ0) is 25.1. The second kappa shape index (κ2) is 10.4. The number of hydrogen-bond donors (Lipinski definition) is 1. The summed E-state index contributed by atoms with van der Waals surface area (Å²) in [5.74, 6) is 0.877. The van der Waals surface area contributed by atoms with Crippen molar-refractivity contribution in [3.8, 4) is 11.4 Å². The number of aromatic nitrogens is 2. The first kappa shape index (κ1) is 23.8. The zero-order valence-electron chi connectivity index (χ0n) is 20.2. The summed E-state index contributed by atoms with van der Waals surface area (Å²) < 4.78 is 5.78. The van der Waals surface area contributed by atoms with Gasteiger partial charge in [-0.2, -0.15) is 4.98 Å². The molecule has 1 aromatic heterocycles. The van der Waals surface area contributed by atoms with Crippen molar-refractivity contribution < 1.29 is 9.32 Å². The molecule has 5 rings (SSSR count). The highest BCUT2D eigenvalue weighted by molar-refractivity contribution is 6.30. The highest BCUT2D eigenvalue weighted by Crippen LogP contribution is 2.38. The fraction of sp³-hybridized carbons (Fsp3) is 0.207. The van der Waals surface area contributed by atoms with Crippen molar-refractivity contribution in [2.75, 3.05) is 6.54 Å². The van der Waals surface area contributed by atoms with Crippen LogP contribution in [0.1, 0.15) is 42.5 Å². The predicted molar refractivity (Wildman–Crippen MR) is 141 cm³/mol. The summed E-state index contributed by atoms with van der Waals surface area (Å²) in [6, 6.07) is 25.1. The highest BCUT2D eigenvalue weighted by Gasteiger charge is 2.35. The Morgan fingerprint density at radius 1 is 1.00 bits per heavy atom. The molecule has 0 bridgehead atoms. The minimum absolute atomic E-state index is 0.174. The molecule has 3 aromatic carbocycles. The highest BCUT2D eigenvalue weighted by atomic mass is 35.5. The number of benzene rings is 3. The first-order chi connectivity index (χ1) is 17.5. The van der Waals surface area contributed by atoms with Crippen molar-refractivity contribution in [3.05, 3.63) is 112 Å². The third kappa shape index (κ3) is 4.90. The molecule has 36 heavy (non-hydrogen) atoms. The third-order valence-electron chi connectivity index (χ3n) is 6.52. The number of carbonyl (C=O) groups is 1. The van der Waals surface area contributed by atoms with E-state index in [1.54, 1.807) is 4.90 Å². The molecule has 1 unspecified atom stereocenters. The molecule has 4 aromatic rings. The Kier molecular flexibility index (Phi) is 6.87. The van der Waals surface area contributed by atoms with E-state index in [1.807, 2.05) is 61.5 Å². The van der Waals surface area contributed by atoms with Crippen molar-refractivity contribution in [1.29, 1.82) is 0 Å². The van der Waals surface area contributed by atoms with E-state index in [1.165, 1.54) is 5.56 Å². The summed E-state index contributed by atoms with van der Waals surface area (Å²) in [5, 5.41) is 7.98. The first-order valence-corrected chi connectivity index (χ1v) is 12.4. The summed E-state index contributed by atoms with van der Waals surface area (Å²) >= 11 is 6.30. The lowest BCUT2D eigenvalue weighted by Gasteiger charge is -2.35. The monoisotopic (exact) mass is 498 g/mol. The smallest absolute Gasteiger partial charge is 0.322 e. The number of urea groups is 1. The van der Waals surface area contributed by atoms with Crippen LogP contribution in [0.4, 0.5) is 4.79 Å². The van der Waals surface area contributed by atoms with Crippen molar-refractivity contribution in [1.82, 2.24) is 20.4 Å². The number of carbonyl (C=O) groups excluding carboxylic acids is 1. The molecule has 7 heteroatoms. The lowest BCUT2D eigenvalue weighted by atomic mass is 9.94. The molecular formula is C29H27ClN4O2. The second-order valence-electron chi connectivity index (χ2n) is 8.80. The van der Waals surface area contributed by atoms with Gasteiger partial charge in [0.2, 0.25) is 5.82 Å². The van der Waals surface area contributed by atoms with Gasteiger partial charge >= 0.3 is 6.03 Å². The maximum Gasteiger partial charge on any atom is 0.322 e. The van der Waals surface area contributed by atoms with Crippen LogP contribution >= 0.6 is 11.6 Å². The van der Waals surface area contributed by atoms with E-state index in [0.717, 1.165) is 40.8 Å². The molecule has 0 saturated carbocycles. The van der Waals surface area contributed by atoms with Crippen molar-refractivity contribution in [3.63, 3.8) is 0 Å². The molecule has 182 valence electrons. The van der Waals surface area contributed by atoms with Gasteiger partial charge < -0.3 is 9.84 Å². The SMILES string of the molecule is CCc1ccc(-c2noc(C3=C(C)N(CCc4ccccc4)C(=O)NC3c3cccc(Cl)c3)n2)cc1. The number of nitrogens with zero attached hydrogens (tertiary/aromatic N) is 3. The van der Waals surface area contributed by atoms with Crippen LogP contribution in [0.3, 0.4) is 0 Å². The summed E-state index contributed by atoms with van der Waals surface area (Å²) in [4.78, 5) is 19.7. The van der Waals surface area contributed by atoms with Crippen molar-refractivity contribution in [2.24, 2.45) is 0 Å². The average Bonchev–Trinajstić information content (AvgIpc) is 3.38. The molecule has 1 aliphatic heterocycles. The van der Waals surface area contributed by atoms with Gasteiger partial charge in [0.25, 0.3) is 5.89 Å². The quantitative estimate of drug-likeness (QED) is 0.308. The lowest BCUT2D eigenvalue weighted by Crippen LogP contribution is -2.46. The number of hydrogen-bond acceptors (Lipinski definition) is 4. The van der Waals surface area contributed by atoms with Crippen LogP contribution in [-0.4, -0.2) is 27.6 Å². The average molecular weight is 499 g/mol. The van der Waals surface area contributed by atoms with Gasteiger partial charge in [-0.15, -0.1) is 0 Å². The molecule has 0 fully saturated rings. The number of halogens is 1. The van der Waals surface area contributed by atoms with Crippen LogP contribution in [0.25, 0.3) is 17.0 Å². The third-order valence-corrected chi connectivity index (χ3v) is 6.76. The molecule has 0 aliphatic carbocycles. The number of allylic oxidation sites excluding steroid dienone is 1. The summed E-state index contributed by atoms with van der Waals surface area (Å²) in [7, 11) is 0. The number of amides is 2. The standard InChI is InChI=1S/C29H27ClN4O2/c1-3-20-12-14-22(15-13-20)27-32-28(36-33-27)25-19(2)34(17-16-21-8-5-4-6-9-21)29(35)31-26(25)23-10-7-11-24(30)18-23/h4-15,18,26H,3,16-17H2,1-2H3,(H,31,35). The zero-order valence-corrected chi connectivity index (χ0v) is 21.0.